The van der Waals surface area contributed by atoms with Gasteiger partial charge in [0.1, 0.15) is 0 Å². The van der Waals surface area contributed by atoms with Crippen LogP contribution in [-0.4, -0.2) is 46.4 Å². The van der Waals surface area contributed by atoms with Gasteiger partial charge in [-0.05, 0) is 6.92 Å². The first-order valence-electron chi connectivity index (χ1n) is 5.45. The summed E-state index contributed by atoms with van der Waals surface area (Å²) in [5.41, 5.74) is 0.790. The van der Waals surface area contributed by atoms with Crippen LogP contribution in [0, 0.1) is 0 Å². The van der Waals surface area contributed by atoms with E-state index in [0.717, 1.165) is 0 Å². The van der Waals surface area contributed by atoms with Gasteiger partial charge in [-0.3, -0.25) is 0 Å². The zero-order valence-electron chi connectivity index (χ0n) is 10.1. The van der Waals surface area contributed by atoms with E-state index in [1.165, 1.54) is 23.6 Å². The number of hydrogen-bond donors (Lipinski definition) is 0. The van der Waals surface area contributed by atoms with E-state index in [9.17, 15) is 9.59 Å². The van der Waals surface area contributed by atoms with Gasteiger partial charge in [-0.1, -0.05) is 5.21 Å². The average molecular weight is 271 g/mol. The molecule has 0 radical (unpaired) electrons. The fraction of sp³-hybridized carbons (Fsp3) is 0.600. The van der Waals surface area contributed by atoms with Gasteiger partial charge in [0.15, 0.2) is 11.7 Å². The number of carbonyl (C=O) groups is 2. The van der Waals surface area contributed by atoms with E-state index in [0.29, 0.717) is 17.2 Å². The molecule has 18 heavy (non-hydrogen) atoms. The topological polar surface area (TPSA) is 83.3 Å². The Bertz CT molecular complexity index is 474. The summed E-state index contributed by atoms with van der Waals surface area (Å²) in [4.78, 5) is 23.3. The molecule has 0 amide bonds. The van der Waals surface area contributed by atoms with Crippen molar-refractivity contribution in [3.05, 3.63) is 11.4 Å². The van der Waals surface area contributed by atoms with Crippen molar-refractivity contribution in [2.75, 3.05) is 19.5 Å². The van der Waals surface area contributed by atoms with Gasteiger partial charge in [0.2, 0.25) is 0 Å². The number of esters is 2. The van der Waals surface area contributed by atoms with Gasteiger partial charge in [0.25, 0.3) is 0 Å². The molecule has 7 nitrogen and oxygen atoms in total. The van der Waals surface area contributed by atoms with Crippen molar-refractivity contribution in [1.82, 2.24) is 15.0 Å². The first kappa shape index (κ1) is 12.9. The van der Waals surface area contributed by atoms with E-state index >= 15 is 0 Å². The maximum absolute atomic E-state index is 11.7. The predicted octanol–water partition coefficient (Wildman–Crippen LogP) is 0.416. The van der Waals surface area contributed by atoms with Crippen molar-refractivity contribution in [3.8, 4) is 0 Å². The first-order valence-corrected chi connectivity index (χ1v) is 6.61. The Labute approximate surface area is 108 Å². The van der Waals surface area contributed by atoms with Crippen LogP contribution in [0.25, 0.3) is 0 Å². The van der Waals surface area contributed by atoms with Crippen LogP contribution in [0.2, 0.25) is 0 Å². The lowest BCUT2D eigenvalue weighted by atomic mass is 10.3. The maximum Gasteiger partial charge on any atom is 0.360 e. The van der Waals surface area contributed by atoms with E-state index < -0.39 is 12.0 Å². The number of rotatable bonds is 3. The highest BCUT2D eigenvalue weighted by molar-refractivity contribution is 7.98. The Morgan fingerprint density at radius 1 is 1.56 bits per heavy atom. The average Bonchev–Trinajstić information content (AvgIpc) is 2.81. The quantitative estimate of drug-likeness (QED) is 0.736. The maximum atomic E-state index is 11.7. The highest BCUT2D eigenvalue weighted by atomic mass is 32.2. The van der Waals surface area contributed by atoms with Crippen LogP contribution >= 0.6 is 11.8 Å². The molecule has 0 bridgehead atoms. The zero-order valence-corrected chi connectivity index (χ0v) is 10.9. The highest BCUT2D eigenvalue weighted by Crippen LogP contribution is 2.28. The number of ether oxygens (including phenoxy) is 2. The SMILES string of the molecule is CCOC(=O)c1nnn2c1CSC[C@H]2C(=O)OC. The second-order valence-corrected chi connectivity index (χ2v) is 4.63. The van der Waals surface area contributed by atoms with Crippen molar-refractivity contribution >= 4 is 23.7 Å². The summed E-state index contributed by atoms with van der Waals surface area (Å²) in [7, 11) is 1.32. The van der Waals surface area contributed by atoms with Gasteiger partial charge >= 0.3 is 11.9 Å². The molecule has 0 saturated heterocycles. The summed E-state index contributed by atoms with van der Waals surface area (Å²) in [6.45, 7) is 2.00. The van der Waals surface area contributed by atoms with Crippen LogP contribution in [0.3, 0.4) is 0 Å². The number of nitrogens with zero attached hydrogens (tertiary/aromatic N) is 3. The molecule has 2 rings (SSSR count). The third-order valence-electron chi connectivity index (χ3n) is 2.54. The van der Waals surface area contributed by atoms with Gasteiger partial charge in [-0.15, -0.1) is 5.10 Å². The predicted molar refractivity (Wildman–Crippen MR) is 63.2 cm³/mol. The third kappa shape index (κ3) is 2.20. The van der Waals surface area contributed by atoms with Crippen LogP contribution in [-0.2, 0) is 20.0 Å². The van der Waals surface area contributed by atoms with Gasteiger partial charge in [0, 0.05) is 11.5 Å². The molecule has 0 N–H and O–H groups in total. The molecule has 0 spiro atoms. The first-order chi connectivity index (χ1) is 8.69. The Morgan fingerprint density at radius 3 is 3.00 bits per heavy atom. The highest BCUT2D eigenvalue weighted by Gasteiger charge is 2.32. The lowest BCUT2D eigenvalue weighted by Gasteiger charge is -2.21. The standard InChI is InChI=1S/C10H13N3O4S/c1-3-17-10(15)8-6-4-18-5-7(9(14)16-2)13(6)12-11-8/h7H,3-5H2,1-2H3/t7-/m0/s1. The van der Waals surface area contributed by atoms with Gasteiger partial charge < -0.3 is 9.47 Å². The lowest BCUT2D eigenvalue weighted by Crippen LogP contribution is -2.29. The molecule has 8 heteroatoms. The van der Waals surface area contributed by atoms with Crippen LogP contribution < -0.4 is 0 Å². The molecule has 0 fully saturated rings. The minimum Gasteiger partial charge on any atom is -0.467 e. The largest absolute Gasteiger partial charge is 0.467 e. The summed E-state index contributed by atoms with van der Waals surface area (Å²) in [5, 5.41) is 7.66. The van der Waals surface area contributed by atoms with E-state index in [2.05, 4.69) is 10.3 Å². The number of carbonyl (C=O) groups excluding carboxylic acids is 2. The van der Waals surface area contributed by atoms with E-state index in [4.69, 9.17) is 9.47 Å². The molecule has 98 valence electrons. The Morgan fingerprint density at radius 2 is 2.33 bits per heavy atom. The number of aromatic nitrogens is 3. The fourth-order valence-electron chi connectivity index (χ4n) is 1.70. The smallest absolute Gasteiger partial charge is 0.360 e. The van der Waals surface area contributed by atoms with Crippen molar-refractivity contribution in [3.63, 3.8) is 0 Å². The molecular weight excluding hydrogens is 258 g/mol. The lowest BCUT2D eigenvalue weighted by molar-refractivity contribution is -0.144. The van der Waals surface area contributed by atoms with Crippen LogP contribution in [0.1, 0.15) is 29.1 Å². The summed E-state index contributed by atoms with van der Waals surface area (Å²) in [5.74, 6) is 0.244. The van der Waals surface area contributed by atoms with Gasteiger partial charge in [-0.25, -0.2) is 14.3 Å². The fourth-order valence-corrected chi connectivity index (χ4v) is 2.78. The molecule has 2 heterocycles. The zero-order chi connectivity index (χ0) is 13.1. The second-order valence-electron chi connectivity index (χ2n) is 3.60. The summed E-state index contributed by atoms with van der Waals surface area (Å²) >= 11 is 1.53. The van der Waals surface area contributed by atoms with Crippen molar-refractivity contribution in [1.29, 1.82) is 0 Å². The van der Waals surface area contributed by atoms with Crippen molar-refractivity contribution in [2.45, 2.75) is 18.7 Å². The number of fused-ring (bicyclic) bond motifs is 1. The second kappa shape index (κ2) is 5.38. The molecule has 1 atom stereocenters. The normalized spacial score (nSPS) is 18.0. The van der Waals surface area contributed by atoms with Crippen LogP contribution in [0.4, 0.5) is 0 Å². The molecule has 0 aliphatic carbocycles. The van der Waals surface area contributed by atoms with Crippen molar-refractivity contribution < 1.29 is 19.1 Å². The minimum absolute atomic E-state index is 0.179. The molecule has 1 aromatic rings. The molecule has 1 aliphatic heterocycles. The van der Waals surface area contributed by atoms with Crippen molar-refractivity contribution in [2.24, 2.45) is 0 Å². The molecule has 0 unspecified atom stereocenters. The Hall–Kier alpha value is -1.57. The van der Waals surface area contributed by atoms with E-state index in [1.807, 2.05) is 0 Å². The summed E-state index contributed by atoms with van der Waals surface area (Å²) < 4.78 is 11.1. The summed E-state index contributed by atoms with van der Waals surface area (Å²) in [6, 6.07) is -0.528. The monoisotopic (exact) mass is 271 g/mol. The molecule has 1 aromatic heterocycles. The van der Waals surface area contributed by atoms with Gasteiger partial charge in [0.05, 0.1) is 19.4 Å². The third-order valence-corrected chi connectivity index (χ3v) is 3.57. The molecular formula is C10H13N3O4S. The van der Waals surface area contributed by atoms with E-state index in [-0.39, 0.29) is 18.3 Å². The van der Waals surface area contributed by atoms with Crippen LogP contribution in [0.15, 0.2) is 0 Å². The summed E-state index contributed by atoms with van der Waals surface area (Å²) in [6.07, 6.45) is 0. The molecule has 0 saturated carbocycles. The number of thioether (sulfide) groups is 1. The van der Waals surface area contributed by atoms with E-state index in [1.54, 1.807) is 6.92 Å². The van der Waals surface area contributed by atoms with Gasteiger partial charge in [-0.2, -0.15) is 11.8 Å². The molecule has 1 aliphatic rings. The minimum atomic E-state index is -0.528. The Kier molecular flexibility index (Phi) is 3.85. The van der Waals surface area contributed by atoms with Crippen LogP contribution in [0.5, 0.6) is 0 Å². The Balaban J connectivity index is 2.32. The number of hydrogen-bond acceptors (Lipinski definition) is 7. The molecule has 0 aromatic carbocycles. The number of methoxy groups -OCH3 is 1.